The van der Waals surface area contributed by atoms with Gasteiger partial charge in [0.2, 0.25) is 0 Å². The quantitative estimate of drug-likeness (QED) is 0.389. The molecule has 118 valence electrons. The first-order valence-electron chi connectivity index (χ1n) is 8.07. The maximum absolute atomic E-state index is 4.76. The summed E-state index contributed by atoms with van der Waals surface area (Å²) >= 11 is 1.92. The summed E-state index contributed by atoms with van der Waals surface area (Å²) in [6, 6.07) is 0.645. The number of unbranched alkanes of at least 4 members (excludes halogenated alkanes) is 1. The van der Waals surface area contributed by atoms with Gasteiger partial charge in [-0.3, -0.25) is 9.89 Å². The Hall–Kier alpha value is -0.420. The summed E-state index contributed by atoms with van der Waals surface area (Å²) in [6.07, 6.45) is 7.28. The van der Waals surface area contributed by atoms with E-state index < -0.39 is 0 Å². The van der Waals surface area contributed by atoms with Gasteiger partial charge in [-0.2, -0.15) is 11.8 Å². The second-order valence-corrected chi connectivity index (χ2v) is 6.26. The standard InChI is InChI=1S/C15H32N4S/c1-4-16-15(17-10-6-7-12-20-3)18-13-14-9-8-11-19(14)5-2/h14H,4-13H2,1-3H3,(H2,16,17,18). The molecule has 1 unspecified atom stereocenters. The molecule has 0 aromatic carbocycles. The van der Waals surface area contributed by atoms with Gasteiger partial charge in [-0.05, 0) is 57.7 Å². The zero-order valence-electron chi connectivity index (χ0n) is 13.5. The number of hydrogen-bond acceptors (Lipinski definition) is 3. The van der Waals surface area contributed by atoms with Gasteiger partial charge < -0.3 is 10.6 Å². The number of nitrogens with zero attached hydrogens (tertiary/aromatic N) is 2. The monoisotopic (exact) mass is 300 g/mol. The zero-order valence-corrected chi connectivity index (χ0v) is 14.3. The fourth-order valence-corrected chi connectivity index (χ4v) is 3.13. The Bertz CT molecular complexity index is 271. The molecule has 0 aliphatic carbocycles. The molecule has 1 saturated heterocycles. The van der Waals surface area contributed by atoms with E-state index in [9.17, 15) is 0 Å². The smallest absolute Gasteiger partial charge is 0.191 e. The molecule has 1 rings (SSSR count). The minimum Gasteiger partial charge on any atom is -0.357 e. The van der Waals surface area contributed by atoms with Gasteiger partial charge in [0.15, 0.2) is 5.96 Å². The molecule has 0 radical (unpaired) electrons. The van der Waals surface area contributed by atoms with Crippen molar-refractivity contribution in [2.75, 3.05) is 44.7 Å². The summed E-state index contributed by atoms with van der Waals surface area (Å²) in [5, 5.41) is 6.79. The van der Waals surface area contributed by atoms with Gasteiger partial charge in [0.25, 0.3) is 0 Å². The molecule has 0 spiro atoms. The molecule has 20 heavy (non-hydrogen) atoms. The van der Waals surface area contributed by atoms with E-state index in [1.54, 1.807) is 0 Å². The number of likely N-dealkylation sites (N-methyl/N-ethyl adjacent to an activating group) is 1. The molecule has 1 aliphatic heterocycles. The van der Waals surface area contributed by atoms with E-state index >= 15 is 0 Å². The number of likely N-dealkylation sites (tertiary alicyclic amines) is 1. The summed E-state index contributed by atoms with van der Waals surface area (Å²) in [6.45, 7) is 9.64. The van der Waals surface area contributed by atoms with Crippen molar-refractivity contribution >= 4 is 17.7 Å². The Morgan fingerprint density at radius 3 is 2.85 bits per heavy atom. The number of nitrogens with one attached hydrogen (secondary N) is 2. The average molecular weight is 301 g/mol. The molecule has 2 N–H and O–H groups in total. The Morgan fingerprint density at radius 2 is 2.15 bits per heavy atom. The van der Waals surface area contributed by atoms with E-state index in [-0.39, 0.29) is 0 Å². The van der Waals surface area contributed by atoms with Crippen LogP contribution in [0.15, 0.2) is 4.99 Å². The lowest BCUT2D eigenvalue weighted by Crippen LogP contribution is -2.39. The van der Waals surface area contributed by atoms with Crippen molar-refractivity contribution in [1.82, 2.24) is 15.5 Å². The van der Waals surface area contributed by atoms with Crippen LogP contribution in [-0.2, 0) is 0 Å². The Kier molecular flexibility index (Phi) is 9.93. The molecule has 0 aromatic heterocycles. The molecule has 0 saturated carbocycles. The number of guanidine groups is 1. The van der Waals surface area contributed by atoms with Gasteiger partial charge in [-0.25, -0.2) is 0 Å². The van der Waals surface area contributed by atoms with Crippen molar-refractivity contribution in [3.8, 4) is 0 Å². The van der Waals surface area contributed by atoms with Crippen molar-refractivity contribution in [3.63, 3.8) is 0 Å². The first kappa shape index (κ1) is 17.6. The Labute approximate surface area is 129 Å². The SMILES string of the molecule is CCNC(=NCC1CCCN1CC)NCCCCSC. The molecule has 0 aromatic rings. The van der Waals surface area contributed by atoms with Gasteiger partial charge in [0.1, 0.15) is 0 Å². The molecule has 1 fully saturated rings. The topological polar surface area (TPSA) is 39.7 Å². The maximum atomic E-state index is 4.76. The first-order valence-corrected chi connectivity index (χ1v) is 9.46. The maximum Gasteiger partial charge on any atom is 0.191 e. The minimum atomic E-state index is 0.645. The molecule has 5 heteroatoms. The molecule has 0 bridgehead atoms. The minimum absolute atomic E-state index is 0.645. The Morgan fingerprint density at radius 1 is 1.30 bits per heavy atom. The fourth-order valence-electron chi connectivity index (χ4n) is 2.63. The second kappa shape index (κ2) is 11.3. The van der Waals surface area contributed by atoms with Crippen LogP contribution in [0, 0.1) is 0 Å². The normalized spacial score (nSPS) is 20.4. The first-order chi connectivity index (χ1) is 9.81. The summed E-state index contributed by atoms with van der Waals surface area (Å²) in [4.78, 5) is 7.31. The van der Waals surface area contributed by atoms with Crippen molar-refractivity contribution in [2.45, 2.75) is 45.6 Å². The summed E-state index contributed by atoms with van der Waals surface area (Å²) < 4.78 is 0. The third-order valence-electron chi connectivity index (χ3n) is 3.78. The van der Waals surface area contributed by atoms with Crippen LogP contribution in [-0.4, -0.2) is 61.6 Å². The lowest BCUT2D eigenvalue weighted by molar-refractivity contribution is 0.273. The van der Waals surface area contributed by atoms with Crippen molar-refractivity contribution in [1.29, 1.82) is 0 Å². The highest BCUT2D eigenvalue weighted by Crippen LogP contribution is 2.16. The molecular formula is C15H32N4S. The van der Waals surface area contributed by atoms with E-state index in [0.29, 0.717) is 6.04 Å². The van der Waals surface area contributed by atoms with E-state index in [0.717, 1.165) is 32.1 Å². The van der Waals surface area contributed by atoms with Gasteiger partial charge in [-0.15, -0.1) is 0 Å². The fraction of sp³-hybridized carbons (Fsp3) is 0.933. The van der Waals surface area contributed by atoms with Crippen LogP contribution in [0.4, 0.5) is 0 Å². The van der Waals surface area contributed by atoms with E-state index in [2.05, 4.69) is 35.6 Å². The highest BCUT2D eigenvalue weighted by atomic mass is 32.2. The molecule has 0 amide bonds. The van der Waals surface area contributed by atoms with Crippen LogP contribution < -0.4 is 10.6 Å². The lowest BCUT2D eigenvalue weighted by Gasteiger charge is -2.21. The predicted molar refractivity (Wildman–Crippen MR) is 91.9 cm³/mol. The van der Waals surface area contributed by atoms with Gasteiger partial charge in [0.05, 0.1) is 6.54 Å². The molecule has 4 nitrogen and oxygen atoms in total. The van der Waals surface area contributed by atoms with Crippen LogP contribution in [0.2, 0.25) is 0 Å². The van der Waals surface area contributed by atoms with E-state index in [1.165, 1.54) is 38.0 Å². The summed E-state index contributed by atoms with van der Waals surface area (Å²) in [7, 11) is 0. The molecule has 1 aliphatic rings. The molecular weight excluding hydrogens is 268 g/mol. The summed E-state index contributed by atoms with van der Waals surface area (Å²) in [5.74, 6) is 2.24. The van der Waals surface area contributed by atoms with E-state index in [4.69, 9.17) is 4.99 Å². The zero-order chi connectivity index (χ0) is 14.6. The predicted octanol–water partition coefficient (Wildman–Crippen LogP) is 2.17. The molecule has 1 heterocycles. The van der Waals surface area contributed by atoms with Crippen molar-refractivity contribution in [3.05, 3.63) is 0 Å². The van der Waals surface area contributed by atoms with Gasteiger partial charge in [-0.1, -0.05) is 6.92 Å². The number of aliphatic imine (C=N–C) groups is 1. The second-order valence-electron chi connectivity index (χ2n) is 5.27. The largest absolute Gasteiger partial charge is 0.357 e. The summed E-state index contributed by atoms with van der Waals surface area (Å²) in [5.41, 5.74) is 0. The number of thioether (sulfide) groups is 1. The van der Waals surface area contributed by atoms with Crippen molar-refractivity contribution < 1.29 is 0 Å². The van der Waals surface area contributed by atoms with Crippen molar-refractivity contribution in [2.24, 2.45) is 4.99 Å². The molecule has 1 atom stereocenters. The number of hydrogen-bond donors (Lipinski definition) is 2. The van der Waals surface area contributed by atoms with Crippen LogP contribution in [0.3, 0.4) is 0 Å². The van der Waals surface area contributed by atoms with Crippen LogP contribution in [0.25, 0.3) is 0 Å². The third kappa shape index (κ3) is 6.84. The third-order valence-corrected chi connectivity index (χ3v) is 4.47. The van der Waals surface area contributed by atoms with Crippen LogP contribution >= 0.6 is 11.8 Å². The van der Waals surface area contributed by atoms with Gasteiger partial charge >= 0.3 is 0 Å². The highest BCUT2D eigenvalue weighted by molar-refractivity contribution is 7.98. The lowest BCUT2D eigenvalue weighted by atomic mass is 10.2. The Balaban J connectivity index is 2.30. The van der Waals surface area contributed by atoms with Crippen LogP contribution in [0.1, 0.15) is 39.5 Å². The van der Waals surface area contributed by atoms with E-state index in [1.807, 2.05) is 11.8 Å². The van der Waals surface area contributed by atoms with Gasteiger partial charge in [0, 0.05) is 19.1 Å². The number of rotatable bonds is 9. The van der Waals surface area contributed by atoms with Crippen LogP contribution in [0.5, 0.6) is 0 Å². The average Bonchev–Trinajstić information content (AvgIpc) is 2.91. The highest BCUT2D eigenvalue weighted by Gasteiger charge is 2.22.